The summed E-state index contributed by atoms with van der Waals surface area (Å²) in [6.45, 7) is 0.302. The Morgan fingerprint density at radius 2 is 1.76 bits per heavy atom. The molecule has 25 heavy (non-hydrogen) atoms. The van der Waals surface area contributed by atoms with Crippen LogP contribution in [0.5, 0.6) is 0 Å². The van der Waals surface area contributed by atoms with E-state index in [-0.39, 0.29) is 11.1 Å². The number of nitrogens with zero attached hydrogens (tertiary/aromatic N) is 2. The molecule has 0 radical (unpaired) electrons. The van der Waals surface area contributed by atoms with Crippen LogP contribution in [0.3, 0.4) is 0 Å². The number of nitrogens with one attached hydrogen (secondary N) is 1. The van der Waals surface area contributed by atoms with E-state index < -0.39 is 5.97 Å². The van der Waals surface area contributed by atoms with Gasteiger partial charge in [-0.15, -0.1) is 0 Å². The third kappa shape index (κ3) is 3.23. The van der Waals surface area contributed by atoms with Crippen LogP contribution in [0.2, 0.25) is 0 Å². The minimum Gasteiger partial charge on any atom is -0.478 e. The molecule has 0 atom stereocenters. The van der Waals surface area contributed by atoms with Gasteiger partial charge in [-0.25, -0.2) is 9.48 Å². The number of carbonyl (C=O) groups is 1. The standard InChI is InChI=1S/C18H16BrN3O3/c1-21-15(11-20-14-10-6-5-9-13(14)18(24)25)16(19)17(23)22(21)12-7-3-2-4-8-12/h2-10,20H,11H2,1H3,(H,24,25). The van der Waals surface area contributed by atoms with Gasteiger partial charge >= 0.3 is 5.97 Å². The summed E-state index contributed by atoms with van der Waals surface area (Å²) in [6.07, 6.45) is 0. The van der Waals surface area contributed by atoms with Gasteiger partial charge in [-0.3, -0.25) is 9.48 Å². The molecule has 0 aliphatic rings. The van der Waals surface area contributed by atoms with Crippen molar-refractivity contribution in [1.82, 2.24) is 9.36 Å². The second kappa shape index (κ2) is 6.98. The lowest BCUT2D eigenvalue weighted by Gasteiger charge is -2.12. The fourth-order valence-corrected chi connectivity index (χ4v) is 3.23. The number of para-hydroxylation sites is 2. The van der Waals surface area contributed by atoms with Gasteiger partial charge in [0.25, 0.3) is 5.56 Å². The van der Waals surface area contributed by atoms with Gasteiger partial charge in [-0.2, -0.15) is 0 Å². The van der Waals surface area contributed by atoms with Crippen molar-refractivity contribution in [2.24, 2.45) is 7.05 Å². The topological polar surface area (TPSA) is 76.3 Å². The summed E-state index contributed by atoms with van der Waals surface area (Å²) in [5.74, 6) is -1.00. The highest BCUT2D eigenvalue weighted by Gasteiger charge is 2.17. The number of rotatable bonds is 5. The third-order valence-electron chi connectivity index (χ3n) is 3.93. The highest BCUT2D eigenvalue weighted by Crippen LogP contribution is 2.20. The van der Waals surface area contributed by atoms with E-state index in [1.807, 2.05) is 30.3 Å². The van der Waals surface area contributed by atoms with Crippen LogP contribution in [0, 0.1) is 0 Å². The van der Waals surface area contributed by atoms with Gasteiger partial charge in [0.05, 0.1) is 23.5 Å². The second-order valence-electron chi connectivity index (χ2n) is 5.44. The molecule has 3 rings (SSSR count). The molecule has 0 spiro atoms. The van der Waals surface area contributed by atoms with E-state index in [0.29, 0.717) is 22.4 Å². The SMILES string of the molecule is Cn1c(CNc2ccccc2C(=O)O)c(Br)c(=O)n1-c1ccccc1. The van der Waals surface area contributed by atoms with Gasteiger partial charge in [0.1, 0.15) is 4.47 Å². The van der Waals surface area contributed by atoms with E-state index in [1.54, 1.807) is 34.6 Å². The Bertz CT molecular complexity index is 977. The Morgan fingerprint density at radius 3 is 2.44 bits per heavy atom. The molecule has 6 nitrogen and oxygen atoms in total. The number of aromatic carboxylic acids is 1. The highest BCUT2D eigenvalue weighted by molar-refractivity contribution is 9.10. The molecule has 0 saturated carbocycles. The van der Waals surface area contributed by atoms with E-state index in [1.165, 1.54) is 6.07 Å². The number of hydrogen-bond donors (Lipinski definition) is 2. The molecule has 0 saturated heterocycles. The van der Waals surface area contributed by atoms with E-state index >= 15 is 0 Å². The lowest BCUT2D eigenvalue weighted by Crippen LogP contribution is -2.20. The molecule has 0 aliphatic heterocycles. The summed E-state index contributed by atoms with van der Waals surface area (Å²) in [5.41, 5.74) is 1.99. The maximum Gasteiger partial charge on any atom is 0.337 e. The molecular weight excluding hydrogens is 386 g/mol. The van der Waals surface area contributed by atoms with Crippen molar-refractivity contribution in [1.29, 1.82) is 0 Å². The lowest BCUT2D eigenvalue weighted by molar-refractivity contribution is 0.0698. The summed E-state index contributed by atoms with van der Waals surface area (Å²) in [7, 11) is 1.79. The summed E-state index contributed by atoms with van der Waals surface area (Å²) in [4.78, 5) is 23.9. The molecule has 0 fully saturated rings. The Hall–Kier alpha value is -2.80. The van der Waals surface area contributed by atoms with Gasteiger partial charge in [-0.1, -0.05) is 30.3 Å². The number of benzene rings is 2. The van der Waals surface area contributed by atoms with Gasteiger partial charge < -0.3 is 10.4 Å². The van der Waals surface area contributed by atoms with Crippen LogP contribution >= 0.6 is 15.9 Å². The maximum absolute atomic E-state index is 12.6. The number of halogens is 1. The average Bonchev–Trinajstić information content (AvgIpc) is 2.83. The molecule has 1 aromatic heterocycles. The minimum absolute atomic E-state index is 0.169. The first-order chi connectivity index (χ1) is 12.0. The second-order valence-corrected chi connectivity index (χ2v) is 6.23. The molecule has 0 bridgehead atoms. The Balaban J connectivity index is 1.95. The van der Waals surface area contributed by atoms with E-state index in [9.17, 15) is 14.7 Å². The van der Waals surface area contributed by atoms with Crippen molar-refractivity contribution < 1.29 is 9.90 Å². The summed E-state index contributed by atoms with van der Waals surface area (Å²) < 4.78 is 3.75. The molecule has 0 amide bonds. The predicted octanol–water partition coefficient (Wildman–Crippen LogP) is 3.25. The van der Waals surface area contributed by atoms with Crippen LogP contribution in [0.25, 0.3) is 5.69 Å². The molecule has 0 unspecified atom stereocenters. The van der Waals surface area contributed by atoms with Crippen LogP contribution < -0.4 is 10.9 Å². The van der Waals surface area contributed by atoms with E-state index in [0.717, 1.165) is 5.69 Å². The molecule has 7 heteroatoms. The summed E-state index contributed by atoms with van der Waals surface area (Å²) in [6, 6.07) is 16.0. The van der Waals surface area contributed by atoms with E-state index in [4.69, 9.17) is 0 Å². The first-order valence-electron chi connectivity index (χ1n) is 7.58. The zero-order valence-electron chi connectivity index (χ0n) is 13.4. The Morgan fingerprint density at radius 1 is 1.12 bits per heavy atom. The Kier molecular flexibility index (Phi) is 4.76. The van der Waals surface area contributed by atoms with Gasteiger partial charge in [0.15, 0.2) is 0 Å². The number of carboxylic acid groups (broad SMARTS) is 1. The Labute approximate surface area is 152 Å². The first kappa shape index (κ1) is 17.0. The molecule has 3 aromatic rings. The number of hydrogen-bond acceptors (Lipinski definition) is 3. The quantitative estimate of drug-likeness (QED) is 0.687. The van der Waals surface area contributed by atoms with Crippen LogP contribution in [0.15, 0.2) is 63.9 Å². The number of carboxylic acids is 1. The fourth-order valence-electron chi connectivity index (χ4n) is 2.67. The number of anilines is 1. The minimum atomic E-state index is -1.00. The molecule has 128 valence electrons. The zero-order chi connectivity index (χ0) is 18.0. The van der Waals surface area contributed by atoms with Crippen LogP contribution in [-0.2, 0) is 13.6 Å². The van der Waals surface area contributed by atoms with Crippen molar-refractivity contribution in [2.75, 3.05) is 5.32 Å². The van der Waals surface area contributed by atoms with Crippen molar-refractivity contribution in [3.05, 3.63) is 80.7 Å². The lowest BCUT2D eigenvalue weighted by atomic mass is 10.2. The molecule has 0 aliphatic carbocycles. The van der Waals surface area contributed by atoms with Gasteiger partial charge in [-0.05, 0) is 40.2 Å². The molecular formula is C18H16BrN3O3. The van der Waals surface area contributed by atoms with Crippen LogP contribution in [0.1, 0.15) is 16.1 Å². The summed E-state index contributed by atoms with van der Waals surface area (Å²) in [5, 5.41) is 12.4. The fraction of sp³-hybridized carbons (Fsp3) is 0.111. The molecule has 2 N–H and O–H groups in total. The average molecular weight is 402 g/mol. The van der Waals surface area contributed by atoms with Crippen molar-refractivity contribution in [3.8, 4) is 5.69 Å². The largest absolute Gasteiger partial charge is 0.478 e. The van der Waals surface area contributed by atoms with Crippen molar-refractivity contribution in [3.63, 3.8) is 0 Å². The monoisotopic (exact) mass is 401 g/mol. The first-order valence-corrected chi connectivity index (χ1v) is 8.38. The van der Waals surface area contributed by atoms with Gasteiger partial charge in [0.2, 0.25) is 0 Å². The normalized spacial score (nSPS) is 10.6. The van der Waals surface area contributed by atoms with Crippen molar-refractivity contribution in [2.45, 2.75) is 6.54 Å². The van der Waals surface area contributed by atoms with E-state index in [2.05, 4.69) is 21.2 Å². The third-order valence-corrected chi connectivity index (χ3v) is 4.73. The highest BCUT2D eigenvalue weighted by atomic mass is 79.9. The number of aromatic nitrogens is 2. The smallest absolute Gasteiger partial charge is 0.337 e. The van der Waals surface area contributed by atoms with Gasteiger partial charge in [0, 0.05) is 12.7 Å². The van der Waals surface area contributed by atoms with Crippen LogP contribution in [0.4, 0.5) is 5.69 Å². The van der Waals surface area contributed by atoms with Crippen LogP contribution in [-0.4, -0.2) is 20.4 Å². The zero-order valence-corrected chi connectivity index (χ0v) is 15.0. The van der Waals surface area contributed by atoms with Crippen molar-refractivity contribution >= 4 is 27.6 Å². The maximum atomic E-state index is 12.6. The predicted molar refractivity (Wildman–Crippen MR) is 99.4 cm³/mol. The molecule has 1 heterocycles. The molecule has 2 aromatic carbocycles. The summed E-state index contributed by atoms with van der Waals surface area (Å²) >= 11 is 3.36.